The van der Waals surface area contributed by atoms with Gasteiger partial charge >= 0.3 is 0 Å². The van der Waals surface area contributed by atoms with Crippen LogP contribution in [0.1, 0.15) is 40.0 Å². The van der Waals surface area contributed by atoms with Gasteiger partial charge in [-0.2, -0.15) is 0 Å². The van der Waals surface area contributed by atoms with E-state index >= 15 is 0 Å². The van der Waals surface area contributed by atoms with Crippen molar-refractivity contribution < 1.29 is 9.90 Å². The first kappa shape index (κ1) is 10.6. The van der Waals surface area contributed by atoms with Crippen LogP contribution in [0.15, 0.2) is 0 Å². The first-order valence-electron chi connectivity index (χ1n) is 4.29. The van der Waals surface area contributed by atoms with Crippen molar-refractivity contribution in [3.8, 4) is 0 Å². The van der Waals surface area contributed by atoms with E-state index < -0.39 is 5.60 Å². The molecule has 66 valence electrons. The van der Waals surface area contributed by atoms with Crippen LogP contribution in [0.25, 0.3) is 0 Å². The summed E-state index contributed by atoms with van der Waals surface area (Å²) in [4.78, 5) is 10.5. The second-order valence-corrected chi connectivity index (χ2v) is 3.15. The molecule has 0 fully saturated rings. The van der Waals surface area contributed by atoms with E-state index in [1.165, 1.54) is 0 Å². The molecule has 0 radical (unpaired) electrons. The van der Waals surface area contributed by atoms with Gasteiger partial charge in [0.25, 0.3) is 0 Å². The number of carbonyl (C=O) groups is 1. The fraction of sp³-hybridized carbons (Fsp3) is 0.889. The summed E-state index contributed by atoms with van der Waals surface area (Å²) in [6.45, 7) is 5.80. The summed E-state index contributed by atoms with van der Waals surface area (Å²) >= 11 is 0. The summed E-state index contributed by atoms with van der Waals surface area (Å²) in [7, 11) is 0. The van der Waals surface area contributed by atoms with E-state index in [1.54, 1.807) is 0 Å². The molecule has 0 aromatic rings. The smallest absolute Gasteiger partial charge is 0.151 e. The van der Waals surface area contributed by atoms with E-state index in [9.17, 15) is 9.90 Å². The topological polar surface area (TPSA) is 37.3 Å². The summed E-state index contributed by atoms with van der Waals surface area (Å²) in [5.74, 6) is 0.0787. The Hall–Kier alpha value is -0.370. The minimum absolute atomic E-state index is 0.0787. The molecule has 2 heteroatoms. The van der Waals surface area contributed by atoms with Crippen LogP contribution in [0.4, 0.5) is 0 Å². The molecular formula is C9H18O2. The lowest BCUT2D eigenvalue weighted by atomic mass is 9.85. The SMILES string of the molecule is CCCC(C)C(O)(C=O)CC. The predicted octanol–water partition coefficient (Wildman–Crippen LogP) is 1.76. The molecule has 0 rings (SSSR count). The fourth-order valence-electron chi connectivity index (χ4n) is 1.23. The Balaban J connectivity index is 4.11. The van der Waals surface area contributed by atoms with Crippen LogP contribution in [0, 0.1) is 5.92 Å². The lowest BCUT2D eigenvalue weighted by molar-refractivity contribution is -0.129. The second kappa shape index (κ2) is 4.50. The third-order valence-electron chi connectivity index (χ3n) is 2.35. The Morgan fingerprint density at radius 2 is 2.09 bits per heavy atom. The third-order valence-corrected chi connectivity index (χ3v) is 2.35. The van der Waals surface area contributed by atoms with Gasteiger partial charge < -0.3 is 9.90 Å². The van der Waals surface area contributed by atoms with E-state index in [-0.39, 0.29) is 5.92 Å². The molecule has 0 amide bonds. The summed E-state index contributed by atoms with van der Waals surface area (Å²) in [6, 6.07) is 0. The monoisotopic (exact) mass is 158 g/mol. The van der Waals surface area contributed by atoms with Gasteiger partial charge in [-0.3, -0.25) is 0 Å². The van der Waals surface area contributed by atoms with E-state index in [0.717, 1.165) is 12.8 Å². The van der Waals surface area contributed by atoms with Crippen LogP contribution in [-0.2, 0) is 4.79 Å². The second-order valence-electron chi connectivity index (χ2n) is 3.15. The van der Waals surface area contributed by atoms with Crippen molar-refractivity contribution in [1.29, 1.82) is 0 Å². The van der Waals surface area contributed by atoms with E-state index in [0.29, 0.717) is 12.7 Å². The van der Waals surface area contributed by atoms with Gasteiger partial charge in [0.05, 0.1) is 0 Å². The minimum Gasteiger partial charge on any atom is -0.382 e. The van der Waals surface area contributed by atoms with Gasteiger partial charge in [-0.05, 0) is 18.8 Å². The maximum absolute atomic E-state index is 10.5. The molecule has 0 aromatic carbocycles. The van der Waals surface area contributed by atoms with Gasteiger partial charge in [0.2, 0.25) is 0 Å². The van der Waals surface area contributed by atoms with Crippen LogP contribution < -0.4 is 0 Å². The van der Waals surface area contributed by atoms with E-state index in [1.807, 2.05) is 13.8 Å². The van der Waals surface area contributed by atoms with Crippen molar-refractivity contribution in [2.45, 2.75) is 45.6 Å². The van der Waals surface area contributed by atoms with Gasteiger partial charge in [-0.15, -0.1) is 0 Å². The quantitative estimate of drug-likeness (QED) is 0.619. The minimum atomic E-state index is -1.09. The molecule has 0 spiro atoms. The van der Waals surface area contributed by atoms with E-state index in [2.05, 4.69) is 6.92 Å². The molecule has 0 saturated heterocycles. The maximum Gasteiger partial charge on any atom is 0.151 e. The predicted molar refractivity (Wildman–Crippen MR) is 45.4 cm³/mol. The van der Waals surface area contributed by atoms with Crippen molar-refractivity contribution in [2.75, 3.05) is 0 Å². The summed E-state index contributed by atoms with van der Waals surface area (Å²) < 4.78 is 0. The summed E-state index contributed by atoms with van der Waals surface area (Å²) in [5.41, 5.74) is -1.09. The zero-order chi connectivity index (χ0) is 8.91. The van der Waals surface area contributed by atoms with E-state index in [4.69, 9.17) is 0 Å². The molecule has 11 heavy (non-hydrogen) atoms. The number of aliphatic hydroxyl groups is 1. The Bertz CT molecular complexity index is 123. The molecule has 0 aromatic heterocycles. The highest BCUT2D eigenvalue weighted by molar-refractivity contribution is 5.62. The number of carbonyl (C=O) groups excluding carboxylic acids is 1. The molecular weight excluding hydrogens is 140 g/mol. The zero-order valence-corrected chi connectivity index (χ0v) is 7.63. The highest BCUT2D eigenvalue weighted by atomic mass is 16.3. The first-order chi connectivity index (χ1) is 5.10. The van der Waals surface area contributed by atoms with Gasteiger partial charge in [0.15, 0.2) is 6.29 Å². The largest absolute Gasteiger partial charge is 0.382 e. The lowest BCUT2D eigenvalue weighted by Crippen LogP contribution is -2.37. The number of rotatable bonds is 5. The van der Waals surface area contributed by atoms with Crippen molar-refractivity contribution in [2.24, 2.45) is 5.92 Å². The van der Waals surface area contributed by atoms with Crippen molar-refractivity contribution in [3.05, 3.63) is 0 Å². The van der Waals surface area contributed by atoms with Crippen LogP contribution in [0.2, 0.25) is 0 Å². The number of hydrogen-bond acceptors (Lipinski definition) is 2. The van der Waals surface area contributed by atoms with Crippen LogP contribution in [0.5, 0.6) is 0 Å². The van der Waals surface area contributed by atoms with Gasteiger partial charge in [-0.1, -0.05) is 27.2 Å². The molecule has 2 nitrogen and oxygen atoms in total. The molecule has 2 atom stereocenters. The molecule has 2 unspecified atom stereocenters. The van der Waals surface area contributed by atoms with Crippen LogP contribution >= 0.6 is 0 Å². The highest BCUT2D eigenvalue weighted by Gasteiger charge is 2.30. The Labute approximate surface area is 68.6 Å². The van der Waals surface area contributed by atoms with Gasteiger partial charge in [0.1, 0.15) is 5.60 Å². The Morgan fingerprint density at radius 3 is 2.36 bits per heavy atom. The maximum atomic E-state index is 10.5. The zero-order valence-electron chi connectivity index (χ0n) is 7.63. The standard InChI is InChI=1S/C9H18O2/c1-4-6-8(3)9(11,5-2)7-10/h7-8,11H,4-6H2,1-3H3. The van der Waals surface area contributed by atoms with Gasteiger partial charge in [-0.25, -0.2) is 0 Å². The molecule has 0 aliphatic heterocycles. The molecule has 0 bridgehead atoms. The Morgan fingerprint density at radius 1 is 1.55 bits per heavy atom. The Kier molecular flexibility index (Phi) is 4.34. The first-order valence-corrected chi connectivity index (χ1v) is 4.29. The lowest BCUT2D eigenvalue weighted by Gasteiger charge is -2.26. The number of hydrogen-bond donors (Lipinski definition) is 1. The summed E-state index contributed by atoms with van der Waals surface area (Å²) in [6.07, 6.45) is 3.10. The van der Waals surface area contributed by atoms with Gasteiger partial charge in [0, 0.05) is 0 Å². The number of aldehydes is 1. The molecule has 0 saturated carbocycles. The summed E-state index contributed by atoms with van der Waals surface area (Å²) in [5, 5.41) is 9.66. The molecule has 1 N–H and O–H groups in total. The highest BCUT2D eigenvalue weighted by Crippen LogP contribution is 2.22. The molecule has 0 aliphatic rings. The average Bonchev–Trinajstić information content (AvgIpc) is 2.03. The fourth-order valence-corrected chi connectivity index (χ4v) is 1.23. The van der Waals surface area contributed by atoms with Crippen molar-refractivity contribution in [3.63, 3.8) is 0 Å². The third kappa shape index (κ3) is 2.62. The van der Waals surface area contributed by atoms with Crippen molar-refractivity contribution >= 4 is 6.29 Å². The van der Waals surface area contributed by atoms with Crippen molar-refractivity contribution in [1.82, 2.24) is 0 Å². The van der Waals surface area contributed by atoms with Crippen LogP contribution in [-0.4, -0.2) is 17.0 Å². The molecule has 0 aliphatic carbocycles. The molecule has 0 heterocycles. The van der Waals surface area contributed by atoms with Crippen LogP contribution in [0.3, 0.4) is 0 Å². The average molecular weight is 158 g/mol. The normalized spacial score (nSPS) is 18.9.